The van der Waals surface area contributed by atoms with Crippen LogP contribution in [0.1, 0.15) is 39.0 Å². The first kappa shape index (κ1) is 19.5. The van der Waals surface area contributed by atoms with Crippen LogP contribution in [0.15, 0.2) is 48.5 Å². The number of benzene rings is 2. The molecule has 3 rings (SSSR count). The molecule has 7 heteroatoms. The van der Waals surface area contributed by atoms with E-state index in [1.54, 1.807) is 55.5 Å². The molecule has 0 radical (unpaired) electrons. The summed E-state index contributed by atoms with van der Waals surface area (Å²) in [6.45, 7) is 5.15. The number of hydrogen-bond acceptors (Lipinski definition) is 5. The molecule has 2 aromatic carbocycles. The van der Waals surface area contributed by atoms with E-state index in [0.717, 1.165) is 5.56 Å². The highest BCUT2D eigenvalue weighted by Gasteiger charge is 2.13. The van der Waals surface area contributed by atoms with Crippen LogP contribution in [-0.2, 0) is 0 Å². The molecule has 1 amide bonds. The van der Waals surface area contributed by atoms with Crippen molar-refractivity contribution in [1.29, 1.82) is 0 Å². The maximum absolute atomic E-state index is 12.6. The van der Waals surface area contributed by atoms with E-state index in [1.165, 1.54) is 6.92 Å². The van der Waals surface area contributed by atoms with Crippen molar-refractivity contribution >= 4 is 40.6 Å². The number of anilines is 3. The highest BCUT2D eigenvalue weighted by molar-refractivity contribution is 6.30. The van der Waals surface area contributed by atoms with Gasteiger partial charge in [-0.25, -0.2) is 9.97 Å². The molecule has 0 aliphatic heterocycles. The van der Waals surface area contributed by atoms with E-state index in [-0.39, 0.29) is 23.3 Å². The first-order valence-electron chi connectivity index (χ1n) is 8.63. The third-order valence-electron chi connectivity index (χ3n) is 4.05. The summed E-state index contributed by atoms with van der Waals surface area (Å²) in [4.78, 5) is 32.8. The fraction of sp³-hybridized carbons (Fsp3) is 0.143. The van der Waals surface area contributed by atoms with E-state index < -0.39 is 0 Å². The third-order valence-corrected chi connectivity index (χ3v) is 4.28. The van der Waals surface area contributed by atoms with Crippen LogP contribution in [0.25, 0.3) is 0 Å². The molecule has 0 saturated carbocycles. The second-order valence-electron chi connectivity index (χ2n) is 6.39. The van der Waals surface area contributed by atoms with Crippen LogP contribution in [0, 0.1) is 13.8 Å². The smallest absolute Gasteiger partial charge is 0.274 e. The number of rotatable bonds is 5. The SMILES string of the molecule is CC(=O)c1cccc(Nc2nc(C)cc(C(=O)Nc3ccc(Cl)cc3C)n2)c1. The highest BCUT2D eigenvalue weighted by Crippen LogP contribution is 2.21. The van der Waals surface area contributed by atoms with Crippen molar-refractivity contribution in [1.82, 2.24) is 9.97 Å². The molecule has 0 unspecified atom stereocenters. The summed E-state index contributed by atoms with van der Waals surface area (Å²) in [5.74, 6) is -0.109. The van der Waals surface area contributed by atoms with E-state index in [4.69, 9.17) is 11.6 Å². The van der Waals surface area contributed by atoms with Crippen molar-refractivity contribution < 1.29 is 9.59 Å². The zero-order valence-electron chi connectivity index (χ0n) is 15.7. The highest BCUT2D eigenvalue weighted by atomic mass is 35.5. The van der Waals surface area contributed by atoms with E-state index in [9.17, 15) is 9.59 Å². The van der Waals surface area contributed by atoms with Gasteiger partial charge in [-0.15, -0.1) is 0 Å². The average Bonchev–Trinajstić information content (AvgIpc) is 2.63. The quantitative estimate of drug-likeness (QED) is 0.598. The fourth-order valence-electron chi connectivity index (χ4n) is 2.64. The summed E-state index contributed by atoms with van der Waals surface area (Å²) in [6, 6.07) is 13.9. The van der Waals surface area contributed by atoms with Gasteiger partial charge in [0, 0.05) is 27.7 Å². The molecule has 0 atom stereocenters. The van der Waals surface area contributed by atoms with Gasteiger partial charge in [0.15, 0.2) is 5.78 Å². The Bertz CT molecular complexity index is 1070. The summed E-state index contributed by atoms with van der Waals surface area (Å²) in [5.41, 5.74) is 3.62. The fourth-order valence-corrected chi connectivity index (χ4v) is 2.87. The molecule has 0 saturated heterocycles. The molecule has 2 N–H and O–H groups in total. The van der Waals surface area contributed by atoms with Crippen LogP contribution < -0.4 is 10.6 Å². The number of hydrogen-bond donors (Lipinski definition) is 2. The van der Waals surface area contributed by atoms with Gasteiger partial charge < -0.3 is 10.6 Å². The molecule has 0 aliphatic rings. The number of aryl methyl sites for hydroxylation is 2. The Morgan fingerprint density at radius 2 is 1.79 bits per heavy atom. The van der Waals surface area contributed by atoms with Gasteiger partial charge in [-0.3, -0.25) is 9.59 Å². The first-order valence-corrected chi connectivity index (χ1v) is 9.01. The Hall–Kier alpha value is -3.25. The van der Waals surface area contributed by atoms with Gasteiger partial charge in [-0.05, 0) is 62.7 Å². The number of carbonyl (C=O) groups excluding carboxylic acids is 2. The lowest BCUT2D eigenvalue weighted by molar-refractivity contribution is 0.101. The summed E-state index contributed by atoms with van der Waals surface area (Å²) >= 11 is 5.96. The van der Waals surface area contributed by atoms with Crippen molar-refractivity contribution in [3.8, 4) is 0 Å². The van der Waals surface area contributed by atoms with Gasteiger partial charge in [-0.2, -0.15) is 0 Å². The molecule has 1 aromatic heterocycles. The Morgan fingerprint density at radius 3 is 2.50 bits per heavy atom. The Morgan fingerprint density at radius 1 is 1.00 bits per heavy atom. The van der Waals surface area contributed by atoms with Crippen molar-refractivity contribution in [2.45, 2.75) is 20.8 Å². The molecular formula is C21H19ClN4O2. The molecule has 1 heterocycles. The number of aromatic nitrogens is 2. The Balaban J connectivity index is 1.83. The molecule has 28 heavy (non-hydrogen) atoms. The van der Waals surface area contributed by atoms with Crippen LogP contribution in [-0.4, -0.2) is 21.7 Å². The molecular weight excluding hydrogens is 376 g/mol. The minimum Gasteiger partial charge on any atom is -0.324 e. The molecule has 0 aliphatic carbocycles. The monoisotopic (exact) mass is 394 g/mol. The van der Waals surface area contributed by atoms with Gasteiger partial charge in [-0.1, -0.05) is 23.7 Å². The number of carbonyl (C=O) groups is 2. The molecule has 0 bridgehead atoms. The van der Waals surface area contributed by atoms with Gasteiger partial charge in [0.25, 0.3) is 5.91 Å². The van der Waals surface area contributed by atoms with Gasteiger partial charge in [0.1, 0.15) is 5.69 Å². The summed E-state index contributed by atoms with van der Waals surface area (Å²) in [5, 5.41) is 6.49. The van der Waals surface area contributed by atoms with E-state index >= 15 is 0 Å². The van der Waals surface area contributed by atoms with Crippen LogP contribution in [0.3, 0.4) is 0 Å². The van der Waals surface area contributed by atoms with E-state index in [2.05, 4.69) is 20.6 Å². The number of halogens is 1. The summed E-state index contributed by atoms with van der Waals surface area (Å²) in [6.07, 6.45) is 0. The number of nitrogens with zero attached hydrogens (tertiary/aromatic N) is 2. The predicted octanol–water partition coefficient (Wildman–Crippen LogP) is 4.95. The maximum Gasteiger partial charge on any atom is 0.274 e. The zero-order valence-corrected chi connectivity index (χ0v) is 16.5. The summed E-state index contributed by atoms with van der Waals surface area (Å²) in [7, 11) is 0. The molecule has 142 valence electrons. The zero-order chi connectivity index (χ0) is 20.3. The lowest BCUT2D eigenvalue weighted by Gasteiger charge is -2.11. The predicted molar refractivity (Wildman–Crippen MR) is 111 cm³/mol. The average molecular weight is 395 g/mol. The van der Waals surface area contributed by atoms with Crippen LogP contribution in [0.5, 0.6) is 0 Å². The van der Waals surface area contributed by atoms with E-state index in [0.29, 0.717) is 27.7 Å². The van der Waals surface area contributed by atoms with Gasteiger partial charge in [0.2, 0.25) is 5.95 Å². The van der Waals surface area contributed by atoms with Gasteiger partial charge >= 0.3 is 0 Å². The van der Waals surface area contributed by atoms with Crippen molar-refractivity contribution in [3.05, 3.63) is 76.1 Å². The van der Waals surface area contributed by atoms with Crippen molar-refractivity contribution in [2.24, 2.45) is 0 Å². The lowest BCUT2D eigenvalue weighted by atomic mass is 10.1. The number of ketones is 1. The molecule has 0 spiro atoms. The molecule has 0 fully saturated rings. The van der Waals surface area contributed by atoms with Crippen LogP contribution in [0.2, 0.25) is 5.02 Å². The number of nitrogens with one attached hydrogen (secondary N) is 2. The minimum absolute atomic E-state index is 0.0350. The number of Topliss-reactive ketones (excluding diaryl/α,β-unsaturated/α-hetero) is 1. The second-order valence-corrected chi connectivity index (χ2v) is 6.83. The van der Waals surface area contributed by atoms with Crippen molar-refractivity contribution in [3.63, 3.8) is 0 Å². The summed E-state index contributed by atoms with van der Waals surface area (Å²) < 4.78 is 0. The second kappa shape index (κ2) is 8.19. The Kier molecular flexibility index (Phi) is 5.70. The lowest BCUT2D eigenvalue weighted by Crippen LogP contribution is -2.16. The Labute approximate surface area is 168 Å². The number of amides is 1. The third kappa shape index (κ3) is 4.72. The van der Waals surface area contributed by atoms with Gasteiger partial charge in [0.05, 0.1) is 0 Å². The van der Waals surface area contributed by atoms with E-state index in [1.807, 2.05) is 6.92 Å². The van der Waals surface area contributed by atoms with Crippen LogP contribution >= 0.6 is 11.6 Å². The molecule has 6 nitrogen and oxygen atoms in total. The maximum atomic E-state index is 12.6. The topological polar surface area (TPSA) is 84.0 Å². The standard InChI is InChI=1S/C21H19ClN4O2/c1-12-9-16(22)7-8-18(12)25-20(28)19-10-13(2)23-21(26-19)24-17-6-4-5-15(11-17)14(3)27/h4-11H,1-3H3,(H,25,28)(H,23,24,26). The molecule has 3 aromatic rings. The van der Waals surface area contributed by atoms with Crippen LogP contribution in [0.4, 0.5) is 17.3 Å². The van der Waals surface area contributed by atoms with Crippen molar-refractivity contribution in [2.75, 3.05) is 10.6 Å². The normalized spacial score (nSPS) is 10.4. The largest absolute Gasteiger partial charge is 0.324 e. The first-order chi connectivity index (χ1) is 13.3. The minimum atomic E-state index is -0.351.